The lowest BCUT2D eigenvalue weighted by Gasteiger charge is -2.32. The number of ether oxygens (including phenoxy) is 1. The van der Waals surface area contributed by atoms with Gasteiger partial charge in [-0.05, 0) is 23.0 Å². The van der Waals surface area contributed by atoms with E-state index in [-0.39, 0.29) is 5.41 Å². The zero-order valence-corrected chi connectivity index (χ0v) is 10.1. The van der Waals surface area contributed by atoms with Crippen LogP contribution in [0.1, 0.15) is 37.8 Å². The Morgan fingerprint density at radius 3 is 2.47 bits per heavy atom. The lowest BCUT2D eigenvalue weighted by Crippen LogP contribution is -2.28. The monoisotopic (exact) mass is 204 g/mol. The molecule has 1 nitrogen and oxygen atoms in total. The van der Waals surface area contributed by atoms with Gasteiger partial charge in [-0.2, -0.15) is 0 Å². The maximum absolute atomic E-state index is 5.63. The summed E-state index contributed by atoms with van der Waals surface area (Å²) in [5.41, 5.74) is 3.22. The van der Waals surface area contributed by atoms with Gasteiger partial charge in [0, 0.05) is 13.0 Å². The van der Waals surface area contributed by atoms with E-state index in [9.17, 15) is 0 Å². The molecule has 0 aliphatic heterocycles. The summed E-state index contributed by atoms with van der Waals surface area (Å²) in [4.78, 5) is 0. The summed E-state index contributed by atoms with van der Waals surface area (Å²) in [6, 6.07) is 8.74. The molecule has 0 saturated carbocycles. The van der Waals surface area contributed by atoms with E-state index in [1.807, 2.05) is 7.11 Å². The van der Waals surface area contributed by atoms with Gasteiger partial charge in [0.05, 0.1) is 6.10 Å². The van der Waals surface area contributed by atoms with Crippen molar-refractivity contribution in [1.82, 2.24) is 0 Å². The molecule has 0 spiro atoms. The standard InChI is InChI=1S/C14H20O/c1-14(2,3)13-11-8-6-5-7-10(11)9-12(13)15-4/h5-8,12-13H,9H2,1-4H3. The number of fused-ring (bicyclic) bond motifs is 1. The van der Waals surface area contributed by atoms with Gasteiger partial charge in [0.15, 0.2) is 0 Å². The maximum atomic E-state index is 5.63. The summed E-state index contributed by atoms with van der Waals surface area (Å²) < 4.78 is 5.63. The van der Waals surface area contributed by atoms with Gasteiger partial charge in [-0.1, -0.05) is 45.0 Å². The quantitative estimate of drug-likeness (QED) is 0.681. The Kier molecular flexibility index (Phi) is 2.59. The Morgan fingerprint density at radius 2 is 1.87 bits per heavy atom. The van der Waals surface area contributed by atoms with Gasteiger partial charge < -0.3 is 4.74 Å². The van der Waals surface area contributed by atoms with Gasteiger partial charge in [0.25, 0.3) is 0 Å². The molecule has 0 bridgehead atoms. The van der Waals surface area contributed by atoms with Crippen molar-refractivity contribution in [3.8, 4) is 0 Å². The summed E-state index contributed by atoms with van der Waals surface area (Å²) in [6.45, 7) is 6.89. The Morgan fingerprint density at radius 1 is 1.20 bits per heavy atom. The van der Waals surface area contributed by atoms with Crippen molar-refractivity contribution >= 4 is 0 Å². The first-order valence-electron chi connectivity index (χ1n) is 5.64. The van der Waals surface area contributed by atoms with Gasteiger partial charge in [0.1, 0.15) is 0 Å². The van der Waals surface area contributed by atoms with Crippen LogP contribution in [0.4, 0.5) is 0 Å². The molecule has 1 aromatic rings. The van der Waals surface area contributed by atoms with Crippen molar-refractivity contribution in [2.45, 2.75) is 39.2 Å². The molecule has 2 atom stereocenters. The Balaban J connectivity index is 2.43. The highest BCUT2D eigenvalue weighted by Crippen LogP contribution is 2.45. The van der Waals surface area contributed by atoms with Crippen LogP contribution in [-0.4, -0.2) is 13.2 Å². The fraction of sp³-hybridized carbons (Fsp3) is 0.571. The van der Waals surface area contributed by atoms with Crippen LogP contribution in [0.5, 0.6) is 0 Å². The van der Waals surface area contributed by atoms with E-state index >= 15 is 0 Å². The Bertz CT molecular complexity index is 349. The molecule has 2 rings (SSSR count). The van der Waals surface area contributed by atoms with E-state index in [1.165, 1.54) is 11.1 Å². The lowest BCUT2D eigenvalue weighted by atomic mass is 9.76. The highest BCUT2D eigenvalue weighted by Gasteiger charge is 2.39. The number of hydrogen-bond acceptors (Lipinski definition) is 1. The SMILES string of the molecule is COC1Cc2ccccc2C1C(C)(C)C. The average Bonchev–Trinajstić information content (AvgIpc) is 2.54. The minimum atomic E-state index is 0.271. The summed E-state index contributed by atoms with van der Waals surface area (Å²) in [6.07, 6.45) is 1.41. The van der Waals surface area contributed by atoms with Crippen LogP contribution in [0.3, 0.4) is 0 Å². The van der Waals surface area contributed by atoms with Crippen molar-refractivity contribution in [3.63, 3.8) is 0 Å². The molecule has 0 aromatic heterocycles. The molecule has 0 heterocycles. The third-order valence-electron chi connectivity index (χ3n) is 3.42. The van der Waals surface area contributed by atoms with Crippen molar-refractivity contribution < 1.29 is 4.74 Å². The van der Waals surface area contributed by atoms with Gasteiger partial charge in [-0.25, -0.2) is 0 Å². The van der Waals surface area contributed by atoms with Crippen molar-refractivity contribution in [2.75, 3.05) is 7.11 Å². The predicted octanol–water partition coefficient (Wildman–Crippen LogP) is 3.39. The van der Waals surface area contributed by atoms with Crippen LogP contribution in [0.2, 0.25) is 0 Å². The summed E-state index contributed by atoms with van der Waals surface area (Å²) in [5.74, 6) is 0.527. The molecule has 0 N–H and O–H groups in total. The number of methoxy groups -OCH3 is 1. The molecular weight excluding hydrogens is 184 g/mol. The minimum absolute atomic E-state index is 0.271. The molecule has 82 valence electrons. The molecule has 0 amide bonds. The molecule has 1 aromatic carbocycles. The molecule has 1 heteroatoms. The smallest absolute Gasteiger partial charge is 0.0685 e. The van der Waals surface area contributed by atoms with Gasteiger partial charge in [-0.15, -0.1) is 0 Å². The Hall–Kier alpha value is -0.820. The topological polar surface area (TPSA) is 9.23 Å². The normalized spacial score (nSPS) is 25.3. The van der Waals surface area contributed by atoms with Crippen molar-refractivity contribution in [2.24, 2.45) is 5.41 Å². The van der Waals surface area contributed by atoms with E-state index in [4.69, 9.17) is 4.74 Å². The maximum Gasteiger partial charge on any atom is 0.0685 e. The molecule has 15 heavy (non-hydrogen) atoms. The predicted molar refractivity (Wildman–Crippen MR) is 63.1 cm³/mol. The molecule has 0 fully saturated rings. The van der Waals surface area contributed by atoms with E-state index in [1.54, 1.807) is 0 Å². The molecule has 1 aliphatic rings. The van der Waals surface area contributed by atoms with Crippen LogP contribution in [0.15, 0.2) is 24.3 Å². The highest BCUT2D eigenvalue weighted by molar-refractivity contribution is 5.38. The van der Waals surface area contributed by atoms with Crippen LogP contribution in [0, 0.1) is 5.41 Å². The van der Waals surface area contributed by atoms with Crippen molar-refractivity contribution in [3.05, 3.63) is 35.4 Å². The number of hydrogen-bond donors (Lipinski definition) is 0. The zero-order valence-electron chi connectivity index (χ0n) is 10.1. The molecule has 2 unspecified atom stereocenters. The zero-order chi connectivity index (χ0) is 11.1. The first kappa shape index (κ1) is 10.7. The van der Waals surface area contributed by atoms with Crippen LogP contribution >= 0.6 is 0 Å². The average molecular weight is 204 g/mol. The van der Waals surface area contributed by atoms with Gasteiger partial charge >= 0.3 is 0 Å². The summed E-state index contributed by atoms with van der Waals surface area (Å²) >= 11 is 0. The molecule has 0 saturated heterocycles. The van der Waals surface area contributed by atoms with Crippen LogP contribution in [-0.2, 0) is 11.2 Å². The third-order valence-corrected chi connectivity index (χ3v) is 3.42. The second-order valence-electron chi connectivity index (χ2n) is 5.52. The third kappa shape index (κ3) is 1.81. The minimum Gasteiger partial charge on any atom is -0.380 e. The lowest BCUT2D eigenvalue weighted by molar-refractivity contribution is 0.0538. The van der Waals surface area contributed by atoms with Gasteiger partial charge in [-0.3, -0.25) is 0 Å². The largest absolute Gasteiger partial charge is 0.380 e. The number of rotatable bonds is 1. The molecule has 1 aliphatic carbocycles. The van der Waals surface area contributed by atoms with E-state index in [0.29, 0.717) is 12.0 Å². The van der Waals surface area contributed by atoms with Crippen molar-refractivity contribution in [1.29, 1.82) is 0 Å². The van der Waals surface area contributed by atoms with Gasteiger partial charge in [0.2, 0.25) is 0 Å². The second-order valence-corrected chi connectivity index (χ2v) is 5.52. The summed E-state index contributed by atoms with van der Waals surface area (Å²) in [5, 5.41) is 0. The molecule has 0 radical (unpaired) electrons. The van der Waals surface area contributed by atoms with E-state index < -0.39 is 0 Å². The van der Waals surface area contributed by atoms with Crippen LogP contribution in [0.25, 0.3) is 0 Å². The summed E-state index contributed by atoms with van der Waals surface area (Å²) in [7, 11) is 1.83. The molecular formula is C14H20O. The first-order chi connectivity index (χ1) is 7.04. The van der Waals surface area contributed by atoms with E-state index in [0.717, 1.165) is 6.42 Å². The fourth-order valence-electron chi connectivity index (χ4n) is 2.80. The Labute approximate surface area is 92.5 Å². The highest BCUT2D eigenvalue weighted by atomic mass is 16.5. The second kappa shape index (κ2) is 3.64. The first-order valence-corrected chi connectivity index (χ1v) is 5.64. The van der Waals surface area contributed by atoms with Crippen LogP contribution < -0.4 is 0 Å². The fourth-order valence-corrected chi connectivity index (χ4v) is 2.80. The van der Waals surface area contributed by atoms with E-state index in [2.05, 4.69) is 45.0 Å². The number of benzene rings is 1.